The van der Waals surface area contributed by atoms with Gasteiger partial charge in [0, 0.05) is 0 Å². The second kappa shape index (κ2) is 9.97. The summed E-state index contributed by atoms with van der Waals surface area (Å²) in [6.07, 6.45) is 3.12. The number of rotatable bonds is 12. The fourth-order valence-corrected chi connectivity index (χ4v) is 2.49. The Labute approximate surface area is 144 Å². The fraction of sp³-hybridized carbons (Fsp3) is 0.529. The molecular formula is C17H29NO5P+. The van der Waals surface area contributed by atoms with Crippen LogP contribution in [0.15, 0.2) is 30.8 Å². The lowest BCUT2D eigenvalue weighted by Crippen LogP contribution is -2.37. The van der Waals surface area contributed by atoms with Crippen LogP contribution in [0, 0.1) is 0 Å². The first-order chi connectivity index (χ1) is 11.2. The Balaban J connectivity index is 2.11. The molecule has 1 unspecified atom stereocenters. The molecule has 136 valence electrons. The van der Waals surface area contributed by atoms with Crippen molar-refractivity contribution in [3.05, 3.63) is 36.4 Å². The van der Waals surface area contributed by atoms with Crippen molar-refractivity contribution in [2.75, 3.05) is 47.5 Å². The molecule has 0 aromatic heterocycles. The van der Waals surface area contributed by atoms with Crippen LogP contribution in [0.1, 0.15) is 18.4 Å². The maximum atomic E-state index is 11.7. The number of likely N-dealkylation sites (N-methyl/N-ethyl adjacent to an activating group) is 1. The van der Waals surface area contributed by atoms with Gasteiger partial charge < -0.3 is 14.1 Å². The maximum Gasteiger partial charge on any atom is 0.472 e. The summed E-state index contributed by atoms with van der Waals surface area (Å²) in [5.74, 6) is 0.790. The molecule has 0 fully saturated rings. The van der Waals surface area contributed by atoms with E-state index in [9.17, 15) is 9.46 Å². The molecule has 1 rings (SSSR count). The molecule has 1 aromatic carbocycles. The first kappa shape index (κ1) is 20.9. The summed E-state index contributed by atoms with van der Waals surface area (Å²) >= 11 is 0. The highest BCUT2D eigenvalue weighted by Gasteiger charge is 2.21. The lowest BCUT2D eigenvalue weighted by Gasteiger charge is -2.24. The largest absolute Gasteiger partial charge is 0.494 e. The van der Waals surface area contributed by atoms with Crippen LogP contribution in [-0.2, 0) is 13.6 Å². The number of benzene rings is 1. The zero-order chi connectivity index (χ0) is 18.1. The van der Waals surface area contributed by atoms with Crippen LogP contribution < -0.4 is 4.74 Å². The summed E-state index contributed by atoms with van der Waals surface area (Å²) in [6, 6.07) is 7.64. The molecule has 7 heteroatoms. The van der Waals surface area contributed by atoms with Crippen molar-refractivity contribution in [2.24, 2.45) is 0 Å². The third-order valence-electron chi connectivity index (χ3n) is 3.19. The summed E-state index contributed by atoms with van der Waals surface area (Å²) < 4.78 is 27.8. The Morgan fingerprint density at radius 3 is 2.25 bits per heavy atom. The Hall–Kier alpha value is -1.17. The van der Waals surface area contributed by atoms with Crippen molar-refractivity contribution in [1.82, 2.24) is 0 Å². The van der Waals surface area contributed by atoms with E-state index in [2.05, 4.69) is 6.58 Å². The van der Waals surface area contributed by atoms with Crippen molar-refractivity contribution in [3.8, 4) is 5.75 Å². The standard InChI is InChI=1S/C17H28NO5P/c1-5-16-8-10-17(11-9-16)21-13-6-7-14-22-24(19,20)23-15-12-18(2,3)4/h5,8-11H,1,6-7,12-15H2,2-4H3/p+1. The van der Waals surface area contributed by atoms with Crippen LogP contribution in [-0.4, -0.2) is 56.9 Å². The number of quaternary nitrogens is 1. The van der Waals surface area contributed by atoms with E-state index in [1.807, 2.05) is 45.4 Å². The third kappa shape index (κ3) is 9.85. The van der Waals surface area contributed by atoms with Gasteiger partial charge in [-0.25, -0.2) is 4.57 Å². The number of unbranched alkanes of at least 4 members (excludes halogenated alkanes) is 1. The highest BCUT2D eigenvalue weighted by atomic mass is 31.2. The molecule has 0 aliphatic heterocycles. The van der Waals surface area contributed by atoms with Gasteiger partial charge in [-0.2, -0.15) is 0 Å². The van der Waals surface area contributed by atoms with E-state index >= 15 is 0 Å². The molecular weight excluding hydrogens is 329 g/mol. The highest BCUT2D eigenvalue weighted by molar-refractivity contribution is 7.47. The van der Waals surface area contributed by atoms with Crippen molar-refractivity contribution < 1.29 is 27.7 Å². The lowest BCUT2D eigenvalue weighted by molar-refractivity contribution is -0.870. The number of hydrogen-bond donors (Lipinski definition) is 1. The molecule has 0 spiro atoms. The number of hydrogen-bond acceptors (Lipinski definition) is 4. The average molecular weight is 358 g/mol. The van der Waals surface area contributed by atoms with E-state index in [-0.39, 0.29) is 13.2 Å². The first-order valence-corrected chi connectivity index (χ1v) is 9.49. The normalized spacial score (nSPS) is 14.2. The second-order valence-electron chi connectivity index (χ2n) is 6.48. The van der Waals surface area contributed by atoms with E-state index in [1.165, 1.54) is 0 Å². The van der Waals surface area contributed by atoms with Gasteiger partial charge in [0.15, 0.2) is 0 Å². The molecule has 0 aliphatic rings. The minimum Gasteiger partial charge on any atom is -0.494 e. The zero-order valence-corrected chi connectivity index (χ0v) is 15.7. The van der Waals surface area contributed by atoms with Crippen molar-refractivity contribution in [1.29, 1.82) is 0 Å². The minimum atomic E-state index is -3.95. The SMILES string of the molecule is C=Cc1ccc(OCCCCOP(=O)(O)OCC[N+](C)(C)C)cc1. The molecule has 0 heterocycles. The first-order valence-electron chi connectivity index (χ1n) is 7.99. The molecule has 24 heavy (non-hydrogen) atoms. The summed E-state index contributed by atoms with van der Waals surface area (Å²) in [5.41, 5.74) is 1.04. The summed E-state index contributed by atoms with van der Waals surface area (Å²) in [7, 11) is 2.00. The van der Waals surface area contributed by atoms with Gasteiger partial charge in [0.05, 0.1) is 34.4 Å². The van der Waals surface area contributed by atoms with E-state index in [0.29, 0.717) is 24.1 Å². The molecule has 0 saturated heterocycles. The van der Waals surface area contributed by atoms with Crippen LogP contribution in [0.2, 0.25) is 0 Å². The van der Waals surface area contributed by atoms with Crippen LogP contribution in [0.5, 0.6) is 5.75 Å². The Morgan fingerprint density at radius 1 is 1.08 bits per heavy atom. The second-order valence-corrected chi connectivity index (χ2v) is 7.93. The van der Waals surface area contributed by atoms with Gasteiger partial charge in [-0.1, -0.05) is 24.8 Å². The van der Waals surface area contributed by atoms with E-state index in [4.69, 9.17) is 13.8 Å². The Kier molecular flexibility index (Phi) is 8.67. The van der Waals surface area contributed by atoms with Crippen LogP contribution in [0.3, 0.4) is 0 Å². The Morgan fingerprint density at radius 2 is 1.67 bits per heavy atom. The van der Waals surface area contributed by atoms with Crippen LogP contribution in [0.25, 0.3) is 6.08 Å². The zero-order valence-electron chi connectivity index (χ0n) is 14.8. The lowest BCUT2D eigenvalue weighted by atomic mass is 10.2. The molecule has 1 aromatic rings. The molecule has 1 atom stereocenters. The average Bonchev–Trinajstić information content (AvgIpc) is 2.49. The molecule has 0 aliphatic carbocycles. The number of phosphoric acid groups is 1. The smallest absolute Gasteiger partial charge is 0.472 e. The minimum absolute atomic E-state index is 0.164. The van der Waals surface area contributed by atoms with Crippen molar-refractivity contribution >= 4 is 13.9 Å². The van der Waals surface area contributed by atoms with E-state index < -0.39 is 7.82 Å². The fourth-order valence-electron chi connectivity index (χ4n) is 1.74. The van der Waals surface area contributed by atoms with Gasteiger partial charge in [0.2, 0.25) is 0 Å². The van der Waals surface area contributed by atoms with Crippen LogP contribution >= 0.6 is 7.82 Å². The summed E-state index contributed by atoms with van der Waals surface area (Å²) in [5, 5.41) is 0. The van der Waals surface area contributed by atoms with Gasteiger partial charge in [-0.05, 0) is 30.5 Å². The Bertz CT molecular complexity index is 539. The topological polar surface area (TPSA) is 65.0 Å². The predicted octanol–water partition coefficient (Wildman–Crippen LogP) is 3.33. The van der Waals surface area contributed by atoms with Crippen molar-refractivity contribution in [2.45, 2.75) is 12.8 Å². The van der Waals surface area contributed by atoms with E-state index in [1.54, 1.807) is 6.08 Å². The quantitative estimate of drug-likeness (QED) is 0.353. The molecule has 0 saturated carbocycles. The molecule has 0 amide bonds. The van der Waals surface area contributed by atoms with Gasteiger partial charge in [-0.15, -0.1) is 0 Å². The third-order valence-corrected chi connectivity index (χ3v) is 4.21. The van der Waals surface area contributed by atoms with Crippen LogP contribution in [0.4, 0.5) is 0 Å². The predicted molar refractivity (Wildman–Crippen MR) is 95.9 cm³/mol. The van der Waals surface area contributed by atoms with Gasteiger partial charge in [-0.3, -0.25) is 9.05 Å². The molecule has 6 nitrogen and oxygen atoms in total. The van der Waals surface area contributed by atoms with Gasteiger partial charge in [0.25, 0.3) is 0 Å². The molecule has 1 N–H and O–H groups in total. The monoisotopic (exact) mass is 358 g/mol. The summed E-state index contributed by atoms with van der Waals surface area (Å²) in [6.45, 7) is 5.20. The van der Waals surface area contributed by atoms with Gasteiger partial charge in [0.1, 0.15) is 18.9 Å². The molecule has 0 radical (unpaired) electrons. The number of nitrogens with zero attached hydrogens (tertiary/aromatic N) is 1. The number of ether oxygens (including phenoxy) is 1. The maximum absolute atomic E-state index is 11.7. The summed E-state index contributed by atoms with van der Waals surface area (Å²) in [4.78, 5) is 9.56. The van der Waals surface area contributed by atoms with Crippen molar-refractivity contribution in [3.63, 3.8) is 0 Å². The molecule has 0 bridgehead atoms. The van der Waals surface area contributed by atoms with E-state index in [0.717, 1.165) is 17.7 Å². The number of phosphoric ester groups is 1. The van der Waals surface area contributed by atoms with Gasteiger partial charge >= 0.3 is 7.82 Å². The highest BCUT2D eigenvalue weighted by Crippen LogP contribution is 2.43.